The van der Waals surface area contributed by atoms with Crippen molar-refractivity contribution in [3.8, 4) is 11.3 Å². The predicted molar refractivity (Wildman–Crippen MR) is 59.5 cm³/mol. The number of aromatic nitrogens is 5. The molecule has 0 spiro atoms. The van der Waals surface area contributed by atoms with E-state index in [2.05, 4.69) is 15.4 Å². The number of rotatable bonds is 4. The van der Waals surface area contributed by atoms with Gasteiger partial charge in [0.2, 0.25) is 0 Å². The monoisotopic (exact) mass is 235 g/mol. The Bertz CT molecular complexity index is 543. The fourth-order valence-electron chi connectivity index (χ4n) is 1.65. The molecule has 0 amide bonds. The molecule has 2 heterocycles. The number of aryl methyl sites for hydroxylation is 2. The van der Waals surface area contributed by atoms with Crippen LogP contribution in [0.1, 0.15) is 23.8 Å². The molecule has 17 heavy (non-hydrogen) atoms. The molecule has 0 fully saturated rings. The zero-order valence-corrected chi connectivity index (χ0v) is 9.66. The Kier molecular flexibility index (Phi) is 2.90. The largest absolute Gasteiger partial charge is 0.476 e. The van der Waals surface area contributed by atoms with Gasteiger partial charge in [-0.15, -0.1) is 5.10 Å². The van der Waals surface area contributed by atoms with Crippen LogP contribution in [0.4, 0.5) is 0 Å². The minimum Gasteiger partial charge on any atom is -0.476 e. The third-order valence-electron chi connectivity index (χ3n) is 2.35. The van der Waals surface area contributed by atoms with Gasteiger partial charge in [0.05, 0.1) is 6.20 Å². The SMILES string of the molecule is CCCn1nnc(C(=O)O)c1-c1cnn(C)c1. The second kappa shape index (κ2) is 4.36. The van der Waals surface area contributed by atoms with Crippen LogP contribution in [0, 0.1) is 0 Å². The average Bonchev–Trinajstić information content (AvgIpc) is 2.84. The predicted octanol–water partition coefficient (Wildman–Crippen LogP) is 0.787. The molecule has 0 atom stereocenters. The molecule has 0 bridgehead atoms. The van der Waals surface area contributed by atoms with E-state index in [0.29, 0.717) is 17.8 Å². The van der Waals surface area contributed by atoms with Crippen LogP contribution in [-0.2, 0) is 13.6 Å². The summed E-state index contributed by atoms with van der Waals surface area (Å²) in [6.07, 6.45) is 4.21. The van der Waals surface area contributed by atoms with Gasteiger partial charge in [0.1, 0.15) is 5.69 Å². The first kappa shape index (κ1) is 11.3. The molecule has 7 nitrogen and oxygen atoms in total. The molecule has 0 radical (unpaired) electrons. The summed E-state index contributed by atoms with van der Waals surface area (Å²) in [5.41, 5.74) is 1.18. The maximum Gasteiger partial charge on any atom is 0.358 e. The van der Waals surface area contributed by atoms with Gasteiger partial charge in [-0.05, 0) is 6.42 Å². The van der Waals surface area contributed by atoms with Crippen LogP contribution < -0.4 is 0 Å². The molecule has 2 rings (SSSR count). The van der Waals surface area contributed by atoms with Crippen molar-refractivity contribution in [2.45, 2.75) is 19.9 Å². The van der Waals surface area contributed by atoms with Gasteiger partial charge in [0.15, 0.2) is 5.69 Å². The number of carbonyl (C=O) groups is 1. The summed E-state index contributed by atoms with van der Waals surface area (Å²) < 4.78 is 3.21. The lowest BCUT2D eigenvalue weighted by Gasteiger charge is -2.02. The molecule has 2 aromatic rings. The minimum atomic E-state index is -1.08. The summed E-state index contributed by atoms with van der Waals surface area (Å²) >= 11 is 0. The first-order valence-corrected chi connectivity index (χ1v) is 5.29. The zero-order chi connectivity index (χ0) is 12.4. The molecule has 2 aromatic heterocycles. The zero-order valence-electron chi connectivity index (χ0n) is 9.66. The van der Waals surface area contributed by atoms with Crippen molar-refractivity contribution in [3.05, 3.63) is 18.1 Å². The van der Waals surface area contributed by atoms with Crippen LogP contribution in [0.5, 0.6) is 0 Å². The van der Waals surface area contributed by atoms with E-state index in [1.165, 1.54) is 0 Å². The van der Waals surface area contributed by atoms with Crippen molar-refractivity contribution in [2.24, 2.45) is 7.05 Å². The molecule has 0 aromatic carbocycles. The molecule has 0 aliphatic rings. The maximum atomic E-state index is 11.1. The molecule has 1 N–H and O–H groups in total. The van der Waals surface area contributed by atoms with E-state index >= 15 is 0 Å². The third kappa shape index (κ3) is 2.03. The maximum absolute atomic E-state index is 11.1. The second-order valence-electron chi connectivity index (χ2n) is 3.72. The van der Waals surface area contributed by atoms with Gasteiger partial charge in [-0.3, -0.25) is 4.68 Å². The molecule has 0 aliphatic carbocycles. The Labute approximate surface area is 97.7 Å². The van der Waals surface area contributed by atoms with Gasteiger partial charge in [0.25, 0.3) is 0 Å². The van der Waals surface area contributed by atoms with Crippen molar-refractivity contribution in [1.82, 2.24) is 24.8 Å². The van der Waals surface area contributed by atoms with Crippen molar-refractivity contribution in [2.75, 3.05) is 0 Å². The molecule has 7 heteroatoms. The molecular formula is C10H13N5O2. The Morgan fingerprint density at radius 1 is 1.53 bits per heavy atom. The minimum absolute atomic E-state index is 0.0357. The molecule has 0 saturated heterocycles. The van der Waals surface area contributed by atoms with Crippen LogP contribution in [0.2, 0.25) is 0 Å². The van der Waals surface area contributed by atoms with E-state index in [-0.39, 0.29) is 5.69 Å². The third-order valence-corrected chi connectivity index (χ3v) is 2.35. The lowest BCUT2D eigenvalue weighted by atomic mass is 10.2. The summed E-state index contributed by atoms with van der Waals surface area (Å²) in [6, 6.07) is 0. The van der Waals surface area contributed by atoms with Crippen LogP contribution >= 0.6 is 0 Å². The number of carboxylic acid groups (broad SMARTS) is 1. The number of nitrogens with zero attached hydrogens (tertiary/aromatic N) is 5. The Hall–Kier alpha value is -2.18. The highest BCUT2D eigenvalue weighted by Crippen LogP contribution is 2.21. The average molecular weight is 235 g/mol. The quantitative estimate of drug-likeness (QED) is 0.846. The number of carboxylic acids is 1. The van der Waals surface area contributed by atoms with Crippen LogP contribution in [0.25, 0.3) is 11.3 Å². The lowest BCUT2D eigenvalue weighted by Crippen LogP contribution is -2.04. The summed E-state index contributed by atoms with van der Waals surface area (Å²) in [7, 11) is 1.78. The highest BCUT2D eigenvalue weighted by Gasteiger charge is 2.21. The van der Waals surface area contributed by atoms with Gasteiger partial charge >= 0.3 is 5.97 Å². The van der Waals surface area contributed by atoms with E-state index in [1.807, 2.05) is 6.92 Å². The Morgan fingerprint density at radius 3 is 2.82 bits per heavy atom. The second-order valence-corrected chi connectivity index (χ2v) is 3.72. The van der Waals surface area contributed by atoms with Crippen LogP contribution in [0.3, 0.4) is 0 Å². The summed E-state index contributed by atoms with van der Waals surface area (Å²) in [4.78, 5) is 11.1. The van der Waals surface area contributed by atoms with Crippen LogP contribution in [0.15, 0.2) is 12.4 Å². The first-order valence-electron chi connectivity index (χ1n) is 5.29. The van der Waals surface area contributed by atoms with Gasteiger partial charge in [-0.25, -0.2) is 9.48 Å². The van der Waals surface area contributed by atoms with Gasteiger partial charge in [-0.2, -0.15) is 5.10 Å². The van der Waals surface area contributed by atoms with Gasteiger partial charge < -0.3 is 5.11 Å². The van der Waals surface area contributed by atoms with Gasteiger partial charge in [0, 0.05) is 25.4 Å². The topological polar surface area (TPSA) is 85.8 Å². The first-order chi connectivity index (χ1) is 8.13. The smallest absolute Gasteiger partial charge is 0.358 e. The highest BCUT2D eigenvalue weighted by molar-refractivity contribution is 5.92. The van der Waals surface area contributed by atoms with Crippen molar-refractivity contribution < 1.29 is 9.90 Å². The van der Waals surface area contributed by atoms with Crippen LogP contribution in [-0.4, -0.2) is 35.9 Å². The van der Waals surface area contributed by atoms with E-state index in [0.717, 1.165) is 6.42 Å². The molecular weight excluding hydrogens is 222 g/mol. The lowest BCUT2D eigenvalue weighted by molar-refractivity contribution is 0.0691. The number of aromatic carboxylic acids is 1. The standard InChI is InChI=1S/C10H13N5O2/c1-3-4-15-9(7-5-11-14(2)6-7)8(10(16)17)12-13-15/h5-6H,3-4H2,1-2H3,(H,16,17). The van der Waals surface area contributed by atoms with E-state index in [9.17, 15) is 4.79 Å². The van der Waals surface area contributed by atoms with Crippen molar-refractivity contribution in [3.63, 3.8) is 0 Å². The molecule has 90 valence electrons. The normalized spacial score (nSPS) is 10.7. The molecule has 0 unspecified atom stereocenters. The fraction of sp³-hybridized carbons (Fsp3) is 0.400. The number of hydrogen-bond donors (Lipinski definition) is 1. The van der Waals surface area contributed by atoms with Crippen molar-refractivity contribution in [1.29, 1.82) is 0 Å². The Morgan fingerprint density at radius 2 is 2.29 bits per heavy atom. The molecule has 0 aliphatic heterocycles. The van der Waals surface area contributed by atoms with E-state index in [4.69, 9.17) is 5.11 Å². The fourth-order valence-corrected chi connectivity index (χ4v) is 1.65. The van der Waals surface area contributed by atoms with Crippen molar-refractivity contribution >= 4 is 5.97 Å². The van der Waals surface area contributed by atoms with Gasteiger partial charge in [-0.1, -0.05) is 12.1 Å². The number of hydrogen-bond acceptors (Lipinski definition) is 4. The summed E-state index contributed by atoms with van der Waals surface area (Å²) in [5.74, 6) is -1.08. The van der Waals surface area contributed by atoms with E-state index in [1.54, 1.807) is 28.8 Å². The Balaban J connectivity index is 2.55. The summed E-state index contributed by atoms with van der Waals surface area (Å²) in [6.45, 7) is 2.62. The van der Waals surface area contributed by atoms with E-state index < -0.39 is 5.97 Å². The molecule has 0 saturated carbocycles. The highest BCUT2D eigenvalue weighted by atomic mass is 16.4. The summed E-state index contributed by atoms with van der Waals surface area (Å²) in [5, 5.41) is 20.7.